The van der Waals surface area contributed by atoms with Crippen LogP contribution in [0.4, 0.5) is 0 Å². The molecule has 0 spiro atoms. The first-order valence-electron chi connectivity index (χ1n) is 9.62. The number of aliphatic hydroxyl groups is 4. The number of aliphatic hydroxyl groups excluding tert-OH is 4. The Kier molecular flexibility index (Phi) is 8.35. The highest BCUT2D eigenvalue weighted by molar-refractivity contribution is 7.99. The molecule has 0 aromatic carbocycles. The van der Waals surface area contributed by atoms with Gasteiger partial charge in [-0.2, -0.15) is 0 Å². The zero-order chi connectivity index (χ0) is 20.3. The first-order valence-corrected chi connectivity index (χ1v) is 10.9. The van der Waals surface area contributed by atoms with E-state index in [2.05, 4.69) is 12.2 Å². The average molecular weight is 407 g/mol. The summed E-state index contributed by atoms with van der Waals surface area (Å²) >= 11 is 1.20. The van der Waals surface area contributed by atoms with Crippen molar-refractivity contribution in [3.8, 4) is 0 Å². The first kappa shape index (κ1) is 22.9. The maximum Gasteiger partial charge on any atom is 0.237 e. The Labute approximate surface area is 165 Å². The third-order valence-electron chi connectivity index (χ3n) is 5.66. The van der Waals surface area contributed by atoms with Gasteiger partial charge in [0.2, 0.25) is 5.91 Å². The Morgan fingerprint density at radius 2 is 1.96 bits per heavy atom. The standard InChI is InChI=1S/C18H34N2O6S/c1-5-6-10-7-11(20(3)8-10)17(25)19-12(9(2)21)16-14(23)13(22)15(24)18(26-16)27-4/h9-16,18,21-24H,5-8H2,1-4H3,(H,19,25)/t9-,10-,11?,12-,13?,14-,15?,16-,18-/m1/s1. The Balaban J connectivity index is 2.09. The predicted octanol–water partition coefficient (Wildman–Crippen LogP) is -0.857. The second kappa shape index (κ2) is 9.87. The second-order valence-electron chi connectivity index (χ2n) is 7.80. The van der Waals surface area contributed by atoms with E-state index in [1.807, 2.05) is 11.9 Å². The molecule has 2 aliphatic rings. The molecule has 3 unspecified atom stereocenters. The van der Waals surface area contributed by atoms with Crippen molar-refractivity contribution in [1.82, 2.24) is 10.2 Å². The van der Waals surface area contributed by atoms with Gasteiger partial charge < -0.3 is 30.5 Å². The number of nitrogens with one attached hydrogen (secondary N) is 1. The van der Waals surface area contributed by atoms with Crippen molar-refractivity contribution in [1.29, 1.82) is 0 Å². The highest BCUT2D eigenvalue weighted by atomic mass is 32.2. The van der Waals surface area contributed by atoms with Gasteiger partial charge in [0.05, 0.1) is 18.2 Å². The number of nitrogens with zero attached hydrogens (tertiary/aromatic N) is 1. The Morgan fingerprint density at radius 3 is 2.52 bits per heavy atom. The summed E-state index contributed by atoms with van der Waals surface area (Å²) in [6, 6.07) is -1.20. The Bertz CT molecular complexity index is 494. The molecule has 0 aromatic heterocycles. The molecule has 2 heterocycles. The van der Waals surface area contributed by atoms with Gasteiger partial charge >= 0.3 is 0 Å². The van der Waals surface area contributed by atoms with Crippen LogP contribution in [0.1, 0.15) is 33.1 Å². The van der Waals surface area contributed by atoms with E-state index in [0.29, 0.717) is 5.92 Å². The molecule has 158 valence electrons. The van der Waals surface area contributed by atoms with Gasteiger partial charge in [0.1, 0.15) is 29.9 Å². The molecule has 0 aliphatic carbocycles. The molecule has 0 aromatic rings. The number of carbonyl (C=O) groups excluding carboxylic acids is 1. The largest absolute Gasteiger partial charge is 0.391 e. The van der Waals surface area contributed by atoms with E-state index in [-0.39, 0.29) is 11.9 Å². The van der Waals surface area contributed by atoms with E-state index >= 15 is 0 Å². The lowest BCUT2D eigenvalue weighted by atomic mass is 9.92. The third kappa shape index (κ3) is 5.14. The molecule has 2 saturated heterocycles. The van der Waals surface area contributed by atoms with Crippen LogP contribution in [0.3, 0.4) is 0 Å². The van der Waals surface area contributed by atoms with Crippen molar-refractivity contribution >= 4 is 17.7 Å². The number of carbonyl (C=O) groups is 1. The SMILES string of the molecule is CCC[C@@H]1CC(C(=O)N[C@@H]([C@H]2O[C@H](SC)C(O)C(O)[C@H]2O)[C@@H](C)O)N(C)C1. The van der Waals surface area contributed by atoms with Crippen molar-refractivity contribution in [3.05, 3.63) is 0 Å². The van der Waals surface area contributed by atoms with Gasteiger partial charge in [-0.3, -0.25) is 9.69 Å². The van der Waals surface area contributed by atoms with Crippen LogP contribution >= 0.6 is 11.8 Å². The molecular weight excluding hydrogens is 372 g/mol. The molecule has 0 bridgehead atoms. The van der Waals surface area contributed by atoms with Crippen LogP contribution < -0.4 is 5.32 Å². The highest BCUT2D eigenvalue weighted by Gasteiger charge is 2.48. The first-order chi connectivity index (χ1) is 12.7. The lowest BCUT2D eigenvalue weighted by Gasteiger charge is -2.44. The summed E-state index contributed by atoms with van der Waals surface area (Å²) in [5.74, 6) is 0.245. The van der Waals surface area contributed by atoms with Crippen LogP contribution in [0, 0.1) is 5.92 Å². The Morgan fingerprint density at radius 1 is 1.30 bits per heavy atom. The molecule has 0 radical (unpaired) electrons. The van der Waals surface area contributed by atoms with Gasteiger partial charge in [0.25, 0.3) is 0 Å². The van der Waals surface area contributed by atoms with E-state index in [4.69, 9.17) is 4.74 Å². The average Bonchev–Trinajstić information content (AvgIpc) is 2.99. The zero-order valence-electron chi connectivity index (χ0n) is 16.5. The van der Waals surface area contributed by atoms with Gasteiger partial charge in [0, 0.05) is 6.54 Å². The Hall–Kier alpha value is -0.420. The number of hydrogen-bond acceptors (Lipinski definition) is 8. The molecule has 9 heteroatoms. The maximum absolute atomic E-state index is 12.8. The van der Waals surface area contributed by atoms with Crippen LogP contribution in [-0.2, 0) is 9.53 Å². The number of amides is 1. The van der Waals surface area contributed by atoms with E-state index in [1.165, 1.54) is 18.7 Å². The summed E-state index contributed by atoms with van der Waals surface area (Å²) in [4.78, 5) is 14.9. The molecule has 2 fully saturated rings. The van der Waals surface area contributed by atoms with E-state index in [1.54, 1.807) is 6.26 Å². The summed E-state index contributed by atoms with van der Waals surface area (Å²) in [5.41, 5.74) is -0.755. The third-order valence-corrected chi connectivity index (χ3v) is 6.51. The predicted molar refractivity (Wildman–Crippen MR) is 103 cm³/mol. The van der Waals surface area contributed by atoms with Crippen molar-refractivity contribution in [3.63, 3.8) is 0 Å². The van der Waals surface area contributed by atoms with Gasteiger partial charge in [-0.05, 0) is 39.0 Å². The smallest absolute Gasteiger partial charge is 0.237 e. The van der Waals surface area contributed by atoms with Crippen molar-refractivity contribution in [2.75, 3.05) is 19.8 Å². The molecule has 2 aliphatic heterocycles. The minimum absolute atomic E-state index is 0.223. The fourth-order valence-electron chi connectivity index (χ4n) is 4.13. The van der Waals surface area contributed by atoms with E-state index in [0.717, 1.165) is 25.8 Å². The van der Waals surface area contributed by atoms with Crippen LogP contribution in [0.25, 0.3) is 0 Å². The second-order valence-corrected chi connectivity index (χ2v) is 8.73. The molecule has 27 heavy (non-hydrogen) atoms. The van der Waals surface area contributed by atoms with Crippen molar-refractivity contribution in [2.45, 2.75) is 81.1 Å². The van der Waals surface area contributed by atoms with Crippen LogP contribution in [-0.4, -0.2) is 99.1 Å². The van der Waals surface area contributed by atoms with Gasteiger partial charge in [-0.25, -0.2) is 0 Å². The van der Waals surface area contributed by atoms with Gasteiger partial charge in [0.15, 0.2) is 0 Å². The summed E-state index contributed by atoms with van der Waals surface area (Å²) < 4.78 is 5.72. The quantitative estimate of drug-likeness (QED) is 0.370. The molecule has 8 nitrogen and oxygen atoms in total. The van der Waals surface area contributed by atoms with E-state index in [9.17, 15) is 25.2 Å². The van der Waals surface area contributed by atoms with Crippen molar-refractivity contribution in [2.24, 2.45) is 5.92 Å². The number of ether oxygens (including phenoxy) is 1. The number of likely N-dealkylation sites (N-methyl/N-ethyl adjacent to an activating group) is 1. The fourth-order valence-corrected chi connectivity index (χ4v) is 4.81. The molecule has 5 N–H and O–H groups in total. The summed E-state index contributed by atoms with van der Waals surface area (Å²) in [6.07, 6.45) is -1.50. The molecular formula is C18H34N2O6S. The number of thioether (sulfide) groups is 1. The van der Waals surface area contributed by atoms with E-state index < -0.39 is 42.0 Å². The maximum atomic E-state index is 12.8. The minimum atomic E-state index is -1.42. The number of hydrogen-bond donors (Lipinski definition) is 5. The molecule has 9 atom stereocenters. The van der Waals surface area contributed by atoms with Crippen LogP contribution in [0.2, 0.25) is 0 Å². The monoisotopic (exact) mass is 406 g/mol. The zero-order valence-corrected chi connectivity index (χ0v) is 17.3. The number of likely N-dealkylation sites (tertiary alicyclic amines) is 1. The van der Waals surface area contributed by atoms with Crippen molar-refractivity contribution < 1.29 is 30.0 Å². The lowest BCUT2D eigenvalue weighted by Crippen LogP contribution is -2.65. The summed E-state index contributed by atoms with van der Waals surface area (Å²) in [6.45, 7) is 4.48. The van der Waals surface area contributed by atoms with Gasteiger partial charge in [-0.15, -0.1) is 11.8 Å². The molecule has 1 amide bonds. The highest BCUT2D eigenvalue weighted by Crippen LogP contribution is 2.30. The lowest BCUT2D eigenvalue weighted by molar-refractivity contribution is -0.211. The normalized spacial score (nSPS) is 39.9. The minimum Gasteiger partial charge on any atom is -0.391 e. The van der Waals surface area contributed by atoms with Gasteiger partial charge in [-0.1, -0.05) is 13.3 Å². The molecule has 0 saturated carbocycles. The van der Waals surface area contributed by atoms with Crippen LogP contribution in [0.15, 0.2) is 0 Å². The number of rotatable bonds is 7. The van der Waals surface area contributed by atoms with Crippen LogP contribution in [0.5, 0.6) is 0 Å². The summed E-state index contributed by atoms with van der Waals surface area (Å²) in [7, 11) is 1.91. The fraction of sp³-hybridized carbons (Fsp3) is 0.944. The topological polar surface area (TPSA) is 122 Å². The molecule has 2 rings (SSSR count). The summed E-state index contributed by atoms with van der Waals surface area (Å²) in [5, 5.41) is 43.5.